The van der Waals surface area contributed by atoms with Gasteiger partial charge >= 0.3 is 0 Å². The molecule has 1 aromatic heterocycles. The summed E-state index contributed by atoms with van der Waals surface area (Å²) in [6, 6.07) is 18.3. The molecule has 0 radical (unpaired) electrons. The van der Waals surface area contributed by atoms with Crippen LogP contribution >= 0.6 is 0 Å². The van der Waals surface area contributed by atoms with Crippen LogP contribution in [0, 0.1) is 0 Å². The van der Waals surface area contributed by atoms with Crippen LogP contribution in [0.4, 0.5) is 0 Å². The Labute approximate surface area is 136 Å². The monoisotopic (exact) mass is 307 g/mol. The molecule has 3 rings (SSSR count). The molecule has 0 fully saturated rings. The molecular weight excluding hydrogens is 286 g/mol. The van der Waals surface area contributed by atoms with Gasteiger partial charge in [0.1, 0.15) is 0 Å². The first-order valence-corrected chi connectivity index (χ1v) is 7.84. The van der Waals surface area contributed by atoms with Crippen LogP contribution in [0.2, 0.25) is 0 Å². The Balaban J connectivity index is 1.52. The average molecular weight is 307 g/mol. The van der Waals surface area contributed by atoms with Gasteiger partial charge in [0.05, 0.1) is 18.5 Å². The summed E-state index contributed by atoms with van der Waals surface area (Å²) >= 11 is 0. The number of nitrogens with zero attached hydrogens (tertiary/aromatic N) is 1. The van der Waals surface area contributed by atoms with Crippen LogP contribution in [-0.4, -0.2) is 21.8 Å². The molecular formula is C19H21N3O. The van der Waals surface area contributed by atoms with E-state index in [2.05, 4.69) is 39.8 Å². The van der Waals surface area contributed by atoms with Crippen LogP contribution in [0.5, 0.6) is 0 Å². The van der Waals surface area contributed by atoms with Crippen LogP contribution < -0.4 is 5.32 Å². The minimum atomic E-state index is 0.0985. The van der Waals surface area contributed by atoms with Crippen LogP contribution in [0.3, 0.4) is 0 Å². The highest BCUT2D eigenvalue weighted by atomic mass is 16.3. The fourth-order valence-corrected chi connectivity index (χ4v) is 2.57. The fourth-order valence-electron chi connectivity index (χ4n) is 2.57. The normalized spacial score (nSPS) is 10.8. The van der Waals surface area contributed by atoms with E-state index in [0.717, 1.165) is 36.3 Å². The van der Waals surface area contributed by atoms with Gasteiger partial charge in [0.25, 0.3) is 0 Å². The second-order valence-corrected chi connectivity index (χ2v) is 5.54. The molecule has 0 aliphatic rings. The molecule has 0 saturated carbocycles. The van der Waals surface area contributed by atoms with E-state index < -0.39 is 0 Å². The summed E-state index contributed by atoms with van der Waals surface area (Å²) in [7, 11) is 0. The number of rotatable bonds is 7. The second-order valence-electron chi connectivity index (χ2n) is 5.54. The molecule has 0 aliphatic carbocycles. The van der Waals surface area contributed by atoms with Crippen molar-refractivity contribution in [3.8, 4) is 11.3 Å². The molecule has 0 bridgehead atoms. The van der Waals surface area contributed by atoms with Gasteiger partial charge in [-0.15, -0.1) is 0 Å². The molecule has 0 saturated heterocycles. The zero-order valence-corrected chi connectivity index (χ0v) is 13.0. The SMILES string of the molecule is OCc1ccc(CCNCc2cn[nH]c2-c2ccccc2)cc1. The summed E-state index contributed by atoms with van der Waals surface area (Å²) in [5, 5.41) is 19.8. The van der Waals surface area contributed by atoms with E-state index in [1.807, 2.05) is 36.5 Å². The molecule has 23 heavy (non-hydrogen) atoms. The van der Waals surface area contributed by atoms with E-state index in [0.29, 0.717) is 0 Å². The van der Waals surface area contributed by atoms with E-state index in [9.17, 15) is 0 Å². The summed E-state index contributed by atoms with van der Waals surface area (Å²) in [5.41, 5.74) is 5.62. The van der Waals surface area contributed by atoms with Gasteiger partial charge in [-0.1, -0.05) is 54.6 Å². The summed E-state index contributed by atoms with van der Waals surface area (Å²) < 4.78 is 0. The van der Waals surface area contributed by atoms with Gasteiger partial charge in [0, 0.05) is 12.1 Å². The van der Waals surface area contributed by atoms with Crippen LogP contribution in [0.15, 0.2) is 60.8 Å². The molecule has 0 atom stereocenters. The lowest BCUT2D eigenvalue weighted by molar-refractivity contribution is 0.282. The maximum Gasteiger partial charge on any atom is 0.0695 e. The van der Waals surface area contributed by atoms with Gasteiger partial charge in [-0.2, -0.15) is 5.10 Å². The van der Waals surface area contributed by atoms with Crippen molar-refractivity contribution in [2.45, 2.75) is 19.6 Å². The van der Waals surface area contributed by atoms with E-state index in [-0.39, 0.29) is 6.61 Å². The predicted octanol–water partition coefficient (Wildman–Crippen LogP) is 2.90. The molecule has 0 aliphatic heterocycles. The van der Waals surface area contributed by atoms with Gasteiger partial charge in [-0.3, -0.25) is 5.10 Å². The van der Waals surface area contributed by atoms with Crippen molar-refractivity contribution in [3.63, 3.8) is 0 Å². The first-order chi connectivity index (χ1) is 11.4. The molecule has 118 valence electrons. The van der Waals surface area contributed by atoms with Crippen LogP contribution in [-0.2, 0) is 19.6 Å². The van der Waals surface area contributed by atoms with E-state index >= 15 is 0 Å². The van der Waals surface area contributed by atoms with Crippen LogP contribution in [0.1, 0.15) is 16.7 Å². The van der Waals surface area contributed by atoms with Gasteiger partial charge in [0.2, 0.25) is 0 Å². The topological polar surface area (TPSA) is 60.9 Å². The lowest BCUT2D eigenvalue weighted by Gasteiger charge is -2.06. The second kappa shape index (κ2) is 7.72. The standard InChI is InChI=1S/C19H21N3O/c23-14-16-8-6-15(7-9-16)10-11-20-12-18-13-21-22-19(18)17-4-2-1-3-5-17/h1-9,13,20,23H,10-12,14H2,(H,21,22). The van der Waals surface area contributed by atoms with Gasteiger partial charge < -0.3 is 10.4 Å². The lowest BCUT2D eigenvalue weighted by Crippen LogP contribution is -2.16. The van der Waals surface area contributed by atoms with E-state index in [4.69, 9.17) is 5.11 Å². The van der Waals surface area contributed by atoms with Crippen molar-refractivity contribution in [3.05, 3.63) is 77.5 Å². The highest BCUT2D eigenvalue weighted by molar-refractivity contribution is 5.62. The van der Waals surface area contributed by atoms with Crippen molar-refractivity contribution in [1.29, 1.82) is 0 Å². The molecule has 4 nitrogen and oxygen atoms in total. The highest BCUT2D eigenvalue weighted by Gasteiger charge is 2.06. The Morgan fingerprint density at radius 1 is 0.957 bits per heavy atom. The van der Waals surface area contributed by atoms with Gasteiger partial charge in [-0.25, -0.2) is 0 Å². The molecule has 0 unspecified atom stereocenters. The average Bonchev–Trinajstić information content (AvgIpc) is 3.08. The molecule has 3 aromatic rings. The van der Waals surface area contributed by atoms with E-state index in [1.165, 1.54) is 11.1 Å². The number of nitrogens with one attached hydrogen (secondary N) is 2. The zero-order valence-electron chi connectivity index (χ0n) is 13.0. The van der Waals surface area contributed by atoms with Crippen molar-refractivity contribution in [1.82, 2.24) is 15.5 Å². The van der Waals surface area contributed by atoms with Crippen molar-refractivity contribution < 1.29 is 5.11 Å². The zero-order chi connectivity index (χ0) is 15.9. The quantitative estimate of drug-likeness (QED) is 0.588. The number of hydrogen-bond donors (Lipinski definition) is 3. The highest BCUT2D eigenvalue weighted by Crippen LogP contribution is 2.20. The minimum absolute atomic E-state index is 0.0985. The Bertz CT molecular complexity index is 720. The third kappa shape index (κ3) is 4.06. The van der Waals surface area contributed by atoms with E-state index in [1.54, 1.807) is 0 Å². The molecule has 2 aromatic carbocycles. The number of hydrogen-bond acceptors (Lipinski definition) is 3. The molecule has 1 heterocycles. The fraction of sp³-hybridized carbons (Fsp3) is 0.211. The molecule has 0 spiro atoms. The Morgan fingerprint density at radius 3 is 2.43 bits per heavy atom. The van der Waals surface area contributed by atoms with Gasteiger partial charge in [0.15, 0.2) is 0 Å². The number of aliphatic hydroxyl groups is 1. The number of aromatic amines is 1. The molecule has 0 amide bonds. The predicted molar refractivity (Wildman–Crippen MR) is 91.8 cm³/mol. The van der Waals surface area contributed by atoms with Crippen LogP contribution in [0.25, 0.3) is 11.3 Å². The number of aliphatic hydroxyl groups excluding tert-OH is 1. The van der Waals surface area contributed by atoms with Crippen molar-refractivity contribution >= 4 is 0 Å². The number of H-pyrrole nitrogens is 1. The maximum atomic E-state index is 9.05. The first kappa shape index (κ1) is 15.5. The summed E-state index contributed by atoms with van der Waals surface area (Å²) in [6.45, 7) is 1.79. The van der Waals surface area contributed by atoms with Crippen molar-refractivity contribution in [2.24, 2.45) is 0 Å². The Hall–Kier alpha value is -2.43. The number of benzene rings is 2. The maximum absolute atomic E-state index is 9.05. The first-order valence-electron chi connectivity index (χ1n) is 7.84. The third-order valence-electron chi connectivity index (χ3n) is 3.89. The summed E-state index contributed by atoms with van der Waals surface area (Å²) in [5.74, 6) is 0. The Morgan fingerprint density at radius 2 is 1.70 bits per heavy atom. The largest absolute Gasteiger partial charge is 0.392 e. The molecule has 4 heteroatoms. The van der Waals surface area contributed by atoms with Gasteiger partial charge in [-0.05, 0) is 29.7 Å². The molecule has 3 N–H and O–H groups in total. The minimum Gasteiger partial charge on any atom is -0.392 e. The lowest BCUT2D eigenvalue weighted by atomic mass is 10.1. The third-order valence-corrected chi connectivity index (χ3v) is 3.89. The number of aromatic nitrogens is 2. The van der Waals surface area contributed by atoms with Crippen molar-refractivity contribution in [2.75, 3.05) is 6.54 Å². The Kier molecular flexibility index (Phi) is 5.19. The summed E-state index contributed by atoms with van der Waals surface area (Å²) in [6.07, 6.45) is 2.84. The summed E-state index contributed by atoms with van der Waals surface area (Å²) in [4.78, 5) is 0. The smallest absolute Gasteiger partial charge is 0.0695 e.